The summed E-state index contributed by atoms with van der Waals surface area (Å²) >= 11 is 0. The molecule has 1 aliphatic carbocycles. The van der Waals surface area contributed by atoms with Gasteiger partial charge in [0.25, 0.3) is 0 Å². The van der Waals surface area contributed by atoms with Gasteiger partial charge in [0, 0.05) is 13.1 Å². The normalized spacial score (nSPS) is 20.4. The van der Waals surface area contributed by atoms with Gasteiger partial charge in [0.15, 0.2) is 0 Å². The summed E-state index contributed by atoms with van der Waals surface area (Å²) in [6, 6.07) is 7.16. The quantitative estimate of drug-likeness (QED) is 0.725. The molecule has 1 fully saturated rings. The molecule has 0 spiro atoms. The molecule has 1 atom stereocenters. The van der Waals surface area contributed by atoms with E-state index in [4.69, 9.17) is 0 Å². The zero-order valence-electron chi connectivity index (χ0n) is 13.1. The Hall–Kier alpha value is -0.910. The first-order chi connectivity index (χ1) is 9.85. The van der Waals surface area contributed by atoms with Gasteiger partial charge in [-0.2, -0.15) is 0 Å². The van der Waals surface area contributed by atoms with Crippen molar-refractivity contribution in [3.05, 3.63) is 29.8 Å². The molecular formula is C16H26N2O2S. The first-order valence-corrected chi connectivity index (χ1v) is 9.13. The van der Waals surface area contributed by atoms with Crippen LogP contribution in [0.25, 0.3) is 0 Å². The largest absolute Gasteiger partial charge is 0.313 e. The Kier molecular flexibility index (Phi) is 5.07. The van der Waals surface area contributed by atoms with Crippen LogP contribution in [0.1, 0.15) is 39.2 Å². The minimum atomic E-state index is -3.40. The van der Waals surface area contributed by atoms with Gasteiger partial charge < -0.3 is 5.32 Å². The van der Waals surface area contributed by atoms with E-state index in [-0.39, 0.29) is 5.41 Å². The molecule has 1 aliphatic rings. The van der Waals surface area contributed by atoms with Crippen LogP contribution in [0.15, 0.2) is 29.2 Å². The maximum absolute atomic E-state index is 12.3. The highest BCUT2D eigenvalue weighted by Crippen LogP contribution is 2.51. The molecule has 0 radical (unpaired) electrons. The third-order valence-electron chi connectivity index (χ3n) is 4.20. The van der Waals surface area contributed by atoms with Crippen LogP contribution >= 0.6 is 0 Å². The van der Waals surface area contributed by atoms with Gasteiger partial charge in [0.1, 0.15) is 0 Å². The lowest BCUT2D eigenvalue weighted by molar-refractivity contribution is 0.537. The van der Waals surface area contributed by atoms with Gasteiger partial charge in [-0.15, -0.1) is 0 Å². The highest BCUT2D eigenvalue weighted by atomic mass is 32.2. The molecule has 0 aromatic heterocycles. The molecule has 1 saturated carbocycles. The van der Waals surface area contributed by atoms with Crippen molar-refractivity contribution in [3.8, 4) is 0 Å². The maximum atomic E-state index is 12.3. The molecule has 5 heteroatoms. The monoisotopic (exact) mass is 310 g/mol. The minimum absolute atomic E-state index is 0.286. The summed E-state index contributed by atoms with van der Waals surface area (Å²) in [7, 11) is -3.40. The molecule has 0 bridgehead atoms. The first-order valence-electron chi connectivity index (χ1n) is 7.64. The van der Waals surface area contributed by atoms with Crippen LogP contribution in [-0.4, -0.2) is 21.5 Å². The Morgan fingerprint density at radius 2 is 2.05 bits per heavy atom. The molecule has 0 aliphatic heterocycles. The second-order valence-electron chi connectivity index (χ2n) is 6.57. The van der Waals surface area contributed by atoms with E-state index < -0.39 is 10.0 Å². The van der Waals surface area contributed by atoms with E-state index in [0.717, 1.165) is 24.9 Å². The van der Waals surface area contributed by atoms with Gasteiger partial charge in [-0.3, -0.25) is 0 Å². The van der Waals surface area contributed by atoms with Gasteiger partial charge >= 0.3 is 0 Å². The van der Waals surface area contributed by atoms with E-state index in [0.29, 0.717) is 23.9 Å². The van der Waals surface area contributed by atoms with Crippen LogP contribution in [0.4, 0.5) is 0 Å². The number of sulfonamides is 1. The molecule has 1 aromatic rings. The van der Waals surface area contributed by atoms with Crippen LogP contribution < -0.4 is 10.0 Å². The van der Waals surface area contributed by atoms with E-state index in [1.807, 2.05) is 6.07 Å². The van der Waals surface area contributed by atoms with Gasteiger partial charge in [-0.25, -0.2) is 13.1 Å². The summed E-state index contributed by atoms with van der Waals surface area (Å²) in [4.78, 5) is 0.358. The Labute approximate surface area is 128 Å². The van der Waals surface area contributed by atoms with Crippen LogP contribution in [0, 0.1) is 11.3 Å². The smallest absolute Gasteiger partial charge is 0.240 e. The van der Waals surface area contributed by atoms with E-state index in [2.05, 4.69) is 30.8 Å². The van der Waals surface area contributed by atoms with E-state index in [1.165, 1.54) is 0 Å². The van der Waals surface area contributed by atoms with E-state index in [1.54, 1.807) is 18.2 Å². The Bertz CT molecular complexity index is 582. The summed E-state index contributed by atoms with van der Waals surface area (Å²) in [5.41, 5.74) is 1.28. The van der Waals surface area contributed by atoms with Gasteiger partial charge in [0.05, 0.1) is 4.90 Å². The van der Waals surface area contributed by atoms with Crippen molar-refractivity contribution in [2.24, 2.45) is 11.3 Å². The number of benzene rings is 1. The van der Waals surface area contributed by atoms with E-state index in [9.17, 15) is 8.42 Å². The second kappa shape index (κ2) is 6.46. The highest BCUT2D eigenvalue weighted by Gasteiger charge is 2.45. The second-order valence-corrected chi connectivity index (χ2v) is 8.33. The molecule has 2 N–H and O–H groups in total. The summed E-state index contributed by atoms with van der Waals surface area (Å²) in [6.45, 7) is 8.63. The SMILES string of the molecule is CCCNCc1cccc(S(=O)(=O)NCC2CC2(C)C)c1. The topological polar surface area (TPSA) is 58.2 Å². The number of rotatable bonds is 8. The fourth-order valence-electron chi connectivity index (χ4n) is 2.45. The molecular weight excluding hydrogens is 284 g/mol. The van der Waals surface area contributed by atoms with Crippen LogP contribution in [0.2, 0.25) is 0 Å². The third kappa shape index (κ3) is 4.53. The van der Waals surface area contributed by atoms with Crippen molar-refractivity contribution < 1.29 is 8.42 Å². The van der Waals surface area contributed by atoms with Gasteiger partial charge in [-0.05, 0) is 48.4 Å². The highest BCUT2D eigenvalue weighted by molar-refractivity contribution is 7.89. The Morgan fingerprint density at radius 3 is 2.67 bits per heavy atom. The van der Waals surface area contributed by atoms with Gasteiger partial charge in [-0.1, -0.05) is 32.9 Å². The van der Waals surface area contributed by atoms with Crippen LogP contribution in [0.3, 0.4) is 0 Å². The minimum Gasteiger partial charge on any atom is -0.313 e. The summed E-state index contributed by atoms with van der Waals surface area (Å²) in [5.74, 6) is 0.460. The number of hydrogen-bond donors (Lipinski definition) is 2. The number of nitrogens with one attached hydrogen (secondary N) is 2. The molecule has 4 nitrogen and oxygen atoms in total. The van der Waals surface area contributed by atoms with Gasteiger partial charge in [0.2, 0.25) is 10.0 Å². The van der Waals surface area contributed by atoms with Crippen molar-refractivity contribution in [2.75, 3.05) is 13.1 Å². The summed E-state index contributed by atoms with van der Waals surface area (Å²) < 4.78 is 27.4. The number of hydrogen-bond acceptors (Lipinski definition) is 3. The molecule has 2 rings (SSSR count). The van der Waals surface area contributed by atoms with Crippen molar-refractivity contribution in [3.63, 3.8) is 0 Å². The molecule has 0 saturated heterocycles. The molecule has 21 heavy (non-hydrogen) atoms. The zero-order chi connectivity index (χ0) is 15.5. The van der Waals surface area contributed by atoms with Crippen molar-refractivity contribution in [2.45, 2.75) is 45.1 Å². The molecule has 1 unspecified atom stereocenters. The molecule has 1 aromatic carbocycles. The zero-order valence-corrected chi connectivity index (χ0v) is 14.0. The fourth-order valence-corrected chi connectivity index (χ4v) is 3.60. The summed E-state index contributed by atoms with van der Waals surface area (Å²) in [5, 5.41) is 3.29. The average Bonchev–Trinajstić information content (AvgIpc) is 3.05. The van der Waals surface area contributed by atoms with Crippen LogP contribution in [0.5, 0.6) is 0 Å². The predicted molar refractivity (Wildman–Crippen MR) is 85.5 cm³/mol. The molecule has 0 heterocycles. The predicted octanol–water partition coefficient (Wildman–Crippen LogP) is 2.51. The van der Waals surface area contributed by atoms with Crippen molar-refractivity contribution in [1.82, 2.24) is 10.0 Å². The summed E-state index contributed by atoms with van der Waals surface area (Å²) in [6.07, 6.45) is 2.16. The first kappa shape index (κ1) is 16.5. The van der Waals surface area contributed by atoms with Crippen LogP contribution in [-0.2, 0) is 16.6 Å². The molecule has 0 amide bonds. The maximum Gasteiger partial charge on any atom is 0.240 e. The average molecular weight is 310 g/mol. The Balaban J connectivity index is 1.97. The lowest BCUT2D eigenvalue weighted by atomic mass is 10.1. The molecule has 118 valence electrons. The van der Waals surface area contributed by atoms with E-state index >= 15 is 0 Å². The van der Waals surface area contributed by atoms with Crippen molar-refractivity contribution >= 4 is 10.0 Å². The standard InChI is InChI=1S/C16H26N2O2S/c1-4-8-17-11-13-6-5-7-15(9-13)21(19,20)18-12-14-10-16(14,2)3/h5-7,9,14,17-18H,4,8,10-12H2,1-3H3. The lowest BCUT2D eigenvalue weighted by Crippen LogP contribution is -2.27. The Morgan fingerprint density at radius 1 is 1.33 bits per heavy atom. The van der Waals surface area contributed by atoms with Crippen molar-refractivity contribution in [1.29, 1.82) is 0 Å². The fraction of sp³-hybridized carbons (Fsp3) is 0.625. The lowest BCUT2D eigenvalue weighted by Gasteiger charge is -2.10. The third-order valence-corrected chi connectivity index (χ3v) is 5.62.